The number of aromatic nitrogens is 1. The molecule has 4 aliphatic carbocycles. The predicted octanol–water partition coefficient (Wildman–Crippen LogP) is 4.66. The summed E-state index contributed by atoms with van der Waals surface area (Å²) in [6, 6.07) is 2.46. The molecule has 0 aromatic carbocycles. The number of nitrogens with zero attached hydrogens (tertiary/aromatic N) is 2. The van der Waals surface area contributed by atoms with Gasteiger partial charge in [0.15, 0.2) is 0 Å². The maximum absolute atomic E-state index is 13.1. The van der Waals surface area contributed by atoms with Crippen LogP contribution in [0.2, 0.25) is 0 Å². The lowest BCUT2D eigenvalue weighted by Gasteiger charge is -2.54. The van der Waals surface area contributed by atoms with E-state index < -0.39 is 5.41 Å². The molecule has 4 bridgehead atoms. The zero-order valence-corrected chi connectivity index (χ0v) is 18.6. The average molecular weight is 418 g/mol. The number of carbonyl (C=O) groups excluding carboxylic acids is 1. The molecule has 5 rings (SSSR count). The van der Waals surface area contributed by atoms with Crippen molar-refractivity contribution in [3.05, 3.63) is 5.76 Å². The lowest BCUT2D eigenvalue weighted by molar-refractivity contribution is -0.0124. The molecule has 1 amide bonds. The van der Waals surface area contributed by atoms with Crippen molar-refractivity contribution >= 4 is 17.7 Å². The van der Waals surface area contributed by atoms with Crippen molar-refractivity contribution in [3.63, 3.8) is 0 Å². The van der Waals surface area contributed by atoms with Gasteiger partial charge in [-0.05, 0) is 74.8 Å². The van der Waals surface area contributed by atoms with Gasteiger partial charge in [-0.15, -0.1) is 11.8 Å². The van der Waals surface area contributed by atoms with Crippen LogP contribution in [-0.2, 0) is 0 Å². The Hall–Kier alpha value is -1.68. The van der Waals surface area contributed by atoms with Crippen molar-refractivity contribution in [1.82, 2.24) is 10.5 Å². The smallest absolute Gasteiger partial charge is 0.291 e. The van der Waals surface area contributed by atoms with Crippen LogP contribution in [0.25, 0.3) is 0 Å². The molecule has 1 aromatic heterocycles. The Kier molecular flexibility index (Phi) is 5.58. The molecular weight excluding hydrogens is 386 g/mol. The fraction of sp³-hybridized carbons (Fsp3) is 0.773. The lowest BCUT2D eigenvalue weighted by Crippen LogP contribution is -2.55. The Morgan fingerprint density at radius 2 is 1.90 bits per heavy atom. The van der Waals surface area contributed by atoms with Gasteiger partial charge in [-0.2, -0.15) is 5.26 Å². The first-order chi connectivity index (χ1) is 13.8. The Balaban J connectivity index is 1.50. The Labute approximate surface area is 177 Å². The summed E-state index contributed by atoms with van der Waals surface area (Å²) >= 11 is 1.51. The van der Waals surface area contributed by atoms with Crippen LogP contribution >= 0.6 is 11.8 Å². The molecule has 1 N–H and O–H groups in total. The number of carbonyl (C=O) groups is 1. The zero-order valence-electron chi connectivity index (χ0n) is 17.7. The van der Waals surface area contributed by atoms with Gasteiger partial charge in [0, 0.05) is 11.3 Å². The van der Waals surface area contributed by atoms with E-state index >= 15 is 0 Å². The SMILES string of the molecule is CC(C)Sc1c(OCC(C)(C)C#N)noc1C(=O)NC1C2CC3CC(C2)CC1C3. The molecule has 0 atom stereocenters. The van der Waals surface area contributed by atoms with Crippen molar-refractivity contribution in [3.8, 4) is 11.9 Å². The second-order valence-electron chi connectivity index (χ2n) is 10.0. The average Bonchev–Trinajstić information content (AvgIpc) is 3.04. The van der Waals surface area contributed by atoms with E-state index in [9.17, 15) is 10.1 Å². The largest absolute Gasteiger partial charge is 0.473 e. The minimum atomic E-state index is -0.637. The molecule has 0 radical (unpaired) electrons. The van der Waals surface area contributed by atoms with Crippen molar-refractivity contribution in [2.75, 3.05) is 6.61 Å². The van der Waals surface area contributed by atoms with Crippen LogP contribution < -0.4 is 10.1 Å². The molecule has 0 aliphatic heterocycles. The summed E-state index contributed by atoms with van der Waals surface area (Å²) < 4.78 is 11.2. The molecule has 158 valence electrons. The number of rotatable bonds is 7. The third-order valence-electron chi connectivity index (χ3n) is 6.58. The van der Waals surface area contributed by atoms with Crippen LogP contribution in [0.3, 0.4) is 0 Å². The molecule has 6 nitrogen and oxygen atoms in total. The van der Waals surface area contributed by atoms with Gasteiger partial charge in [-0.3, -0.25) is 4.79 Å². The normalized spacial score (nSPS) is 30.4. The fourth-order valence-electron chi connectivity index (χ4n) is 5.50. The summed E-state index contributed by atoms with van der Waals surface area (Å²) in [5.41, 5.74) is -0.637. The highest BCUT2D eigenvalue weighted by Crippen LogP contribution is 2.53. The van der Waals surface area contributed by atoms with Gasteiger partial charge in [0.25, 0.3) is 11.8 Å². The van der Waals surface area contributed by atoms with E-state index in [-0.39, 0.29) is 29.6 Å². The van der Waals surface area contributed by atoms with E-state index in [2.05, 4.69) is 30.4 Å². The van der Waals surface area contributed by atoms with E-state index in [0.717, 1.165) is 11.8 Å². The van der Waals surface area contributed by atoms with Crippen LogP contribution in [0.1, 0.15) is 70.4 Å². The van der Waals surface area contributed by atoms with Gasteiger partial charge in [0.05, 0.1) is 11.5 Å². The zero-order chi connectivity index (χ0) is 20.8. The molecule has 1 heterocycles. The van der Waals surface area contributed by atoms with Crippen molar-refractivity contribution in [2.45, 2.75) is 76.0 Å². The topological polar surface area (TPSA) is 88.2 Å². The van der Waals surface area contributed by atoms with E-state index in [1.165, 1.54) is 43.9 Å². The summed E-state index contributed by atoms with van der Waals surface area (Å²) in [4.78, 5) is 13.8. The summed E-state index contributed by atoms with van der Waals surface area (Å²) in [5.74, 6) is 3.30. The third-order valence-corrected chi connectivity index (χ3v) is 7.64. The first-order valence-electron chi connectivity index (χ1n) is 10.8. The molecule has 4 saturated carbocycles. The van der Waals surface area contributed by atoms with Gasteiger partial charge in [-0.1, -0.05) is 13.8 Å². The highest BCUT2D eigenvalue weighted by atomic mass is 32.2. The Morgan fingerprint density at radius 3 is 2.45 bits per heavy atom. The Bertz CT molecular complexity index is 783. The van der Waals surface area contributed by atoms with Crippen molar-refractivity contribution < 1.29 is 14.1 Å². The van der Waals surface area contributed by atoms with Crippen LogP contribution in [0.4, 0.5) is 0 Å². The quantitative estimate of drug-likeness (QED) is 0.649. The van der Waals surface area contributed by atoms with Crippen LogP contribution in [0.15, 0.2) is 9.42 Å². The lowest BCUT2D eigenvalue weighted by atomic mass is 9.54. The molecule has 4 aliphatic rings. The monoisotopic (exact) mass is 417 g/mol. The number of nitriles is 1. The fourth-order valence-corrected chi connectivity index (χ4v) is 6.41. The standard InChI is InChI=1S/C22H31N3O3S/c1-12(2)29-19-18(28-25-21(19)27-11-22(3,4)10-23)20(26)24-17-15-6-13-5-14(8-15)9-16(17)7-13/h12-17H,5-9,11H2,1-4H3,(H,24,26). The van der Waals surface area contributed by atoms with Crippen molar-refractivity contribution in [1.29, 1.82) is 5.26 Å². The number of hydrogen-bond donors (Lipinski definition) is 1. The summed E-state index contributed by atoms with van der Waals surface area (Å²) in [6.45, 7) is 7.92. The van der Waals surface area contributed by atoms with Gasteiger partial charge in [0.1, 0.15) is 11.5 Å². The van der Waals surface area contributed by atoms with E-state index in [1.807, 2.05) is 13.8 Å². The molecule has 0 spiro atoms. The van der Waals surface area contributed by atoms with Crippen molar-refractivity contribution in [2.24, 2.45) is 29.1 Å². The molecule has 0 unspecified atom stereocenters. The molecule has 1 aromatic rings. The maximum Gasteiger partial charge on any atom is 0.291 e. The minimum absolute atomic E-state index is 0.187. The summed E-state index contributed by atoms with van der Waals surface area (Å²) in [6.07, 6.45) is 6.39. The maximum atomic E-state index is 13.1. The highest BCUT2D eigenvalue weighted by molar-refractivity contribution is 8.00. The second-order valence-corrected chi connectivity index (χ2v) is 11.6. The van der Waals surface area contributed by atoms with Gasteiger partial charge in [-0.25, -0.2) is 0 Å². The minimum Gasteiger partial charge on any atom is -0.473 e. The van der Waals surface area contributed by atoms with Crippen LogP contribution in [0, 0.1) is 40.4 Å². The number of thioether (sulfide) groups is 1. The predicted molar refractivity (Wildman–Crippen MR) is 111 cm³/mol. The Morgan fingerprint density at radius 1 is 1.28 bits per heavy atom. The number of nitrogens with one attached hydrogen (secondary N) is 1. The van der Waals surface area contributed by atoms with E-state index in [4.69, 9.17) is 9.26 Å². The van der Waals surface area contributed by atoms with Crippen LogP contribution in [0.5, 0.6) is 5.88 Å². The van der Waals surface area contributed by atoms with Gasteiger partial charge < -0.3 is 14.6 Å². The van der Waals surface area contributed by atoms with Gasteiger partial charge >= 0.3 is 0 Å². The summed E-state index contributed by atoms with van der Waals surface area (Å²) in [7, 11) is 0. The first-order valence-corrected chi connectivity index (χ1v) is 11.6. The van der Waals surface area contributed by atoms with E-state index in [0.29, 0.717) is 22.6 Å². The molecule has 0 saturated heterocycles. The molecule has 4 fully saturated rings. The van der Waals surface area contributed by atoms with E-state index in [1.54, 1.807) is 0 Å². The number of ether oxygens (including phenoxy) is 1. The first kappa shape index (κ1) is 20.6. The number of hydrogen-bond acceptors (Lipinski definition) is 6. The summed E-state index contributed by atoms with van der Waals surface area (Å²) in [5, 5.41) is 16.8. The van der Waals surface area contributed by atoms with Gasteiger partial charge in [0.2, 0.25) is 5.76 Å². The number of amides is 1. The molecular formula is C22H31N3O3S. The highest BCUT2D eigenvalue weighted by Gasteiger charge is 2.49. The van der Waals surface area contributed by atoms with Crippen LogP contribution in [-0.4, -0.2) is 29.0 Å². The molecule has 7 heteroatoms. The second kappa shape index (κ2) is 7.86. The third kappa shape index (κ3) is 4.28. The molecule has 29 heavy (non-hydrogen) atoms.